The second-order valence-corrected chi connectivity index (χ2v) is 9.09. The molecule has 0 saturated carbocycles. The lowest BCUT2D eigenvalue weighted by Crippen LogP contribution is -2.40. The van der Waals surface area contributed by atoms with Crippen molar-refractivity contribution in [1.29, 1.82) is 0 Å². The summed E-state index contributed by atoms with van der Waals surface area (Å²) >= 11 is 0. The SMILES string of the molecule is Cc1noc(C)c1COC1CN(Cc2ccc3ccccc3n2)CC(=O)N(CC(C)C)C1. The van der Waals surface area contributed by atoms with Crippen LogP contribution in [0.4, 0.5) is 0 Å². The molecule has 1 aliphatic heterocycles. The number of pyridine rings is 1. The fourth-order valence-electron chi connectivity index (χ4n) is 4.23. The first kappa shape index (κ1) is 22.4. The molecule has 4 rings (SSSR count). The van der Waals surface area contributed by atoms with Gasteiger partial charge < -0.3 is 14.2 Å². The Bertz CT molecular complexity index is 1060. The van der Waals surface area contributed by atoms with Gasteiger partial charge in [-0.1, -0.05) is 43.3 Å². The second kappa shape index (κ2) is 9.79. The van der Waals surface area contributed by atoms with Crippen LogP contribution in [-0.2, 0) is 22.7 Å². The van der Waals surface area contributed by atoms with E-state index in [1.54, 1.807) is 0 Å². The quantitative estimate of drug-likeness (QED) is 0.562. The molecule has 2 aromatic heterocycles. The van der Waals surface area contributed by atoms with E-state index in [0.29, 0.717) is 38.7 Å². The highest BCUT2D eigenvalue weighted by atomic mass is 16.5. The summed E-state index contributed by atoms with van der Waals surface area (Å²) in [5.74, 6) is 1.32. The van der Waals surface area contributed by atoms with Gasteiger partial charge in [0.15, 0.2) is 0 Å². The molecule has 1 unspecified atom stereocenters. The van der Waals surface area contributed by atoms with Gasteiger partial charge >= 0.3 is 0 Å². The molecular weight excluding hydrogens is 404 g/mol. The van der Waals surface area contributed by atoms with Crippen molar-refractivity contribution in [2.75, 3.05) is 26.2 Å². The second-order valence-electron chi connectivity index (χ2n) is 9.09. The highest BCUT2D eigenvalue weighted by Gasteiger charge is 2.29. The van der Waals surface area contributed by atoms with Gasteiger partial charge in [-0.3, -0.25) is 14.7 Å². The van der Waals surface area contributed by atoms with Gasteiger partial charge in [-0.05, 0) is 31.9 Å². The lowest BCUT2D eigenvalue weighted by molar-refractivity contribution is -0.132. The molecular formula is C25H32N4O3. The van der Waals surface area contributed by atoms with Crippen molar-refractivity contribution >= 4 is 16.8 Å². The Morgan fingerprint density at radius 2 is 1.97 bits per heavy atom. The van der Waals surface area contributed by atoms with Crippen LogP contribution in [0.15, 0.2) is 40.9 Å². The predicted molar refractivity (Wildman–Crippen MR) is 123 cm³/mol. The normalized spacial score (nSPS) is 18.0. The van der Waals surface area contributed by atoms with E-state index in [9.17, 15) is 4.79 Å². The standard InChI is InChI=1S/C25H32N4O3/c1-17(2)11-29-14-22(31-16-23-18(3)27-32-19(23)4)13-28(15-25(29)30)12-21-10-9-20-7-5-6-8-24(20)26-21/h5-10,17,22H,11-16H2,1-4H3. The molecule has 1 fully saturated rings. The van der Waals surface area contributed by atoms with Crippen LogP contribution in [-0.4, -0.2) is 58.1 Å². The summed E-state index contributed by atoms with van der Waals surface area (Å²) in [6, 6.07) is 12.2. The molecule has 3 aromatic rings. The molecule has 32 heavy (non-hydrogen) atoms. The molecule has 1 amide bonds. The van der Waals surface area contributed by atoms with E-state index >= 15 is 0 Å². The van der Waals surface area contributed by atoms with Crippen molar-refractivity contribution in [2.24, 2.45) is 5.92 Å². The van der Waals surface area contributed by atoms with Gasteiger partial charge in [-0.25, -0.2) is 0 Å². The van der Waals surface area contributed by atoms with Crippen molar-refractivity contribution in [2.45, 2.75) is 47.0 Å². The Morgan fingerprint density at radius 3 is 2.72 bits per heavy atom. The molecule has 0 spiro atoms. The molecule has 7 nitrogen and oxygen atoms in total. The van der Waals surface area contributed by atoms with E-state index in [4.69, 9.17) is 14.2 Å². The minimum Gasteiger partial charge on any atom is -0.370 e. The van der Waals surface area contributed by atoms with Crippen LogP contribution in [0.5, 0.6) is 0 Å². The third-order valence-corrected chi connectivity index (χ3v) is 5.87. The predicted octanol–water partition coefficient (Wildman–Crippen LogP) is 3.73. The van der Waals surface area contributed by atoms with Gasteiger partial charge in [-0.2, -0.15) is 0 Å². The number of rotatable bonds is 7. The van der Waals surface area contributed by atoms with Crippen molar-refractivity contribution < 1.29 is 14.1 Å². The molecule has 1 aromatic carbocycles. The largest absolute Gasteiger partial charge is 0.370 e. The minimum atomic E-state index is -0.102. The van der Waals surface area contributed by atoms with Gasteiger partial charge in [0.2, 0.25) is 5.91 Å². The molecule has 7 heteroatoms. The Labute approximate surface area is 189 Å². The van der Waals surface area contributed by atoms with Gasteiger partial charge in [0, 0.05) is 37.1 Å². The maximum atomic E-state index is 13.0. The number of aromatic nitrogens is 2. The Kier molecular flexibility index (Phi) is 6.86. The first-order valence-electron chi connectivity index (χ1n) is 11.3. The average molecular weight is 437 g/mol. The summed E-state index contributed by atoms with van der Waals surface area (Å²) < 4.78 is 11.6. The maximum Gasteiger partial charge on any atom is 0.236 e. The number of nitrogens with zero attached hydrogens (tertiary/aromatic N) is 4. The molecule has 0 N–H and O–H groups in total. The lowest BCUT2D eigenvalue weighted by atomic mass is 10.2. The summed E-state index contributed by atoms with van der Waals surface area (Å²) in [7, 11) is 0. The van der Waals surface area contributed by atoms with Crippen LogP contribution >= 0.6 is 0 Å². The number of para-hydroxylation sites is 1. The molecule has 3 heterocycles. The van der Waals surface area contributed by atoms with Crippen LogP contribution in [0.1, 0.15) is 36.6 Å². The zero-order chi connectivity index (χ0) is 22.7. The number of hydrogen-bond donors (Lipinski definition) is 0. The number of hydrogen-bond acceptors (Lipinski definition) is 6. The van der Waals surface area contributed by atoms with Crippen LogP contribution in [0.2, 0.25) is 0 Å². The maximum absolute atomic E-state index is 13.0. The van der Waals surface area contributed by atoms with E-state index in [0.717, 1.165) is 40.2 Å². The third kappa shape index (κ3) is 5.34. The number of carbonyl (C=O) groups is 1. The summed E-state index contributed by atoms with van der Waals surface area (Å²) in [5, 5.41) is 5.14. The number of fused-ring (bicyclic) bond motifs is 1. The lowest BCUT2D eigenvalue weighted by Gasteiger charge is -2.26. The van der Waals surface area contributed by atoms with E-state index in [2.05, 4.69) is 36.0 Å². The average Bonchev–Trinajstić information content (AvgIpc) is 3.00. The summed E-state index contributed by atoms with van der Waals surface area (Å²) in [6.07, 6.45) is -0.102. The molecule has 1 aliphatic rings. The van der Waals surface area contributed by atoms with Crippen molar-refractivity contribution in [3.05, 3.63) is 59.1 Å². The number of amides is 1. The molecule has 0 aliphatic carbocycles. The molecule has 170 valence electrons. The van der Waals surface area contributed by atoms with Gasteiger partial charge in [0.1, 0.15) is 5.76 Å². The van der Waals surface area contributed by atoms with Crippen molar-refractivity contribution in [3.63, 3.8) is 0 Å². The molecule has 0 radical (unpaired) electrons. The number of aryl methyl sites for hydroxylation is 2. The molecule has 1 atom stereocenters. The van der Waals surface area contributed by atoms with Crippen LogP contribution in [0.3, 0.4) is 0 Å². The van der Waals surface area contributed by atoms with Crippen LogP contribution in [0, 0.1) is 19.8 Å². The topological polar surface area (TPSA) is 71.7 Å². The zero-order valence-corrected chi connectivity index (χ0v) is 19.4. The molecule has 1 saturated heterocycles. The Morgan fingerprint density at radius 1 is 1.16 bits per heavy atom. The minimum absolute atomic E-state index is 0.102. The zero-order valence-electron chi connectivity index (χ0n) is 19.4. The van der Waals surface area contributed by atoms with E-state index in [-0.39, 0.29) is 12.0 Å². The smallest absolute Gasteiger partial charge is 0.236 e. The summed E-state index contributed by atoms with van der Waals surface area (Å²) in [6.45, 7) is 11.5. The van der Waals surface area contributed by atoms with E-state index < -0.39 is 0 Å². The van der Waals surface area contributed by atoms with Gasteiger partial charge in [0.05, 0.1) is 36.2 Å². The Hall–Kier alpha value is -2.77. The van der Waals surface area contributed by atoms with E-state index in [1.165, 1.54) is 0 Å². The highest BCUT2D eigenvalue weighted by Crippen LogP contribution is 2.19. The van der Waals surface area contributed by atoms with Crippen molar-refractivity contribution in [3.8, 4) is 0 Å². The fraction of sp³-hybridized carbons (Fsp3) is 0.480. The third-order valence-electron chi connectivity index (χ3n) is 5.87. The van der Waals surface area contributed by atoms with Crippen LogP contribution in [0.25, 0.3) is 10.9 Å². The fourth-order valence-corrected chi connectivity index (χ4v) is 4.23. The van der Waals surface area contributed by atoms with E-state index in [1.807, 2.05) is 43.0 Å². The molecule has 0 bridgehead atoms. The number of ether oxygens (including phenoxy) is 1. The monoisotopic (exact) mass is 436 g/mol. The first-order chi connectivity index (χ1) is 15.4. The van der Waals surface area contributed by atoms with Crippen molar-refractivity contribution in [1.82, 2.24) is 19.9 Å². The Balaban J connectivity index is 1.51. The van der Waals surface area contributed by atoms with Crippen LogP contribution < -0.4 is 0 Å². The number of benzene rings is 1. The summed E-state index contributed by atoms with van der Waals surface area (Å²) in [5.41, 5.74) is 3.76. The summed E-state index contributed by atoms with van der Waals surface area (Å²) in [4.78, 5) is 21.9. The number of carbonyl (C=O) groups excluding carboxylic acids is 1. The highest BCUT2D eigenvalue weighted by molar-refractivity contribution is 5.79. The van der Waals surface area contributed by atoms with Gasteiger partial charge in [0.25, 0.3) is 0 Å². The first-order valence-corrected chi connectivity index (χ1v) is 11.3. The van der Waals surface area contributed by atoms with Gasteiger partial charge in [-0.15, -0.1) is 0 Å².